The fourth-order valence-electron chi connectivity index (χ4n) is 2.11. The van der Waals surface area contributed by atoms with E-state index in [1.807, 2.05) is 7.05 Å². The average molecular weight is 385 g/mol. The van der Waals surface area contributed by atoms with Crippen molar-refractivity contribution in [3.63, 3.8) is 0 Å². The minimum absolute atomic E-state index is 0. The zero-order valence-electron chi connectivity index (χ0n) is 9.62. The van der Waals surface area contributed by atoms with Crippen molar-refractivity contribution < 1.29 is 25.5 Å². The monoisotopic (exact) mass is 385 g/mol. The van der Waals surface area contributed by atoms with E-state index >= 15 is 0 Å². The zero-order valence-corrected chi connectivity index (χ0v) is 12.6. The van der Waals surface area contributed by atoms with Crippen LogP contribution in [0.25, 0.3) is 0 Å². The third kappa shape index (κ3) is 5.99. The van der Waals surface area contributed by atoms with Crippen LogP contribution in [0.3, 0.4) is 0 Å². The van der Waals surface area contributed by atoms with Crippen molar-refractivity contribution in [3.05, 3.63) is 6.92 Å². The van der Waals surface area contributed by atoms with E-state index in [1.54, 1.807) is 4.90 Å². The summed E-state index contributed by atoms with van der Waals surface area (Å²) in [5.41, 5.74) is 0. The standard InChI is InChI=1S/C11H22FN2.W/c1-3-6-14-7-4-11(5-8-14)9-13(2)10-12;/h11H,1,3-10H2,2H3;/q-1;. The van der Waals surface area contributed by atoms with Gasteiger partial charge in [0, 0.05) is 27.6 Å². The Morgan fingerprint density at radius 1 is 1.40 bits per heavy atom. The van der Waals surface area contributed by atoms with Crippen molar-refractivity contribution in [2.24, 2.45) is 5.92 Å². The molecule has 15 heavy (non-hydrogen) atoms. The summed E-state index contributed by atoms with van der Waals surface area (Å²) in [6.07, 6.45) is 3.42. The van der Waals surface area contributed by atoms with E-state index in [4.69, 9.17) is 0 Å². The maximum Gasteiger partial charge on any atom is 0.142 e. The van der Waals surface area contributed by atoms with Crippen LogP contribution in [0.4, 0.5) is 4.39 Å². The minimum Gasteiger partial charge on any atom is -0.342 e. The normalized spacial score (nSPS) is 19.2. The molecular weight excluding hydrogens is 363 g/mol. The Morgan fingerprint density at radius 3 is 2.47 bits per heavy atom. The maximum atomic E-state index is 12.2. The summed E-state index contributed by atoms with van der Waals surface area (Å²) in [5, 5.41) is 0. The van der Waals surface area contributed by atoms with Crippen LogP contribution in [0.2, 0.25) is 0 Å². The second kappa shape index (κ2) is 8.66. The fraction of sp³-hybridized carbons (Fsp3) is 0.909. The molecule has 0 aromatic carbocycles. The Hall–Kier alpha value is 0.538. The summed E-state index contributed by atoms with van der Waals surface area (Å²) >= 11 is 0. The largest absolute Gasteiger partial charge is 0.342 e. The van der Waals surface area contributed by atoms with E-state index in [9.17, 15) is 4.39 Å². The molecule has 4 heteroatoms. The summed E-state index contributed by atoms with van der Waals surface area (Å²) in [4.78, 5) is 4.22. The van der Waals surface area contributed by atoms with Gasteiger partial charge in [-0.25, -0.2) is 4.39 Å². The first-order valence-electron chi connectivity index (χ1n) is 5.52. The van der Waals surface area contributed by atoms with Gasteiger partial charge >= 0.3 is 0 Å². The van der Waals surface area contributed by atoms with Gasteiger partial charge in [-0.2, -0.15) is 6.42 Å². The molecule has 0 spiro atoms. The second-order valence-electron chi connectivity index (χ2n) is 4.30. The molecule has 2 nitrogen and oxygen atoms in total. The van der Waals surface area contributed by atoms with E-state index in [0.29, 0.717) is 5.92 Å². The Balaban J connectivity index is 0.00000196. The van der Waals surface area contributed by atoms with Crippen LogP contribution in [0.5, 0.6) is 0 Å². The maximum absolute atomic E-state index is 12.2. The van der Waals surface area contributed by atoms with Crippen LogP contribution in [-0.4, -0.2) is 49.8 Å². The average Bonchev–Trinajstić information content (AvgIpc) is 2.21. The first kappa shape index (κ1) is 15.5. The third-order valence-corrected chi connectivity index (χ3v) is 2.96. The molecule has 0 aromatic rings. The van der Waals surface area contributed by atoms with E-state index in [2.05, 4.69) is 11.8 Å². The predicted molar refractivity (Wildman–Crippen MR) is 57.7 cm³/mol. The molecule has 90 valence electrons. The van der Waals surface area contributed by atoms with Gasteiger partial charge in [0.2, 0.25) is 0 Å². The van der Waals surface area contributed by atoms with Crippen molar-refractivity contribution in [1.29, 1.82) is 0 Å². The number of hydrogen-bond donors (Lipinski definition) is 0. The Morgan fingerprint density at radius 2 is 2.00 bits per heavy atom. The number of halogens is 1. The van der Waals surface area contributed by atoms with Gasteiger partial charge < -0.3 is 11.8 Å². The summed E-state index contributed by atoms with van der Waals surface area (Å²) in [7, 11) is 1.85. The van der Waals surface area contributed by atoms with Gasteiger partial charge in [-0.05, 0) is 45.4 Å². The molecule has 1 aliphatic heterocycles. The molecule has 1 saturated heterocycles. The van der Waals surface area contributed by atoms with E-state index in [1.165, 1.54) is 25.9 Å². The first-order valence-corrected chi connectivity index (χ1v) is 5.52. The van der Waals surface area contributed by atoms with Gasteiger partial charge in [0.05, 0.1) is 0 Å². The van der Waals surface area contributed by atoms with Gasteiger partial charge in [0.15, 0.2) is 0 Å². The molecule has 0 atom stereocenters. The SMILES string of the molecule is [CH2-]CCN1CCC(CN(C)CF)CC1.[W]. The fourth-order valence-corrected chi connectivity index (χ4v) is 2.11. The molecule has 1 heterocycles. The molecule has 0 radical (unpaired) electrons. The van der Waals surface area contributed by atoms with Gasteiger partial charge in [0.1, 0.15) is 6.80 Å². The topological polar surface area (TPSA) is 6.48 Å². The number of alkyl halides is 1. The number of piperidine rings is 1. The van der Waals surface area contributed by atoms with Crippen molar-refractivity contribution in [2.75, 3.05) is 40.0 Å². The summed E-state index contributed by atoms with van der Waals surface area (Å²) in [5.74, 6) is 0.691. The Bertz CT molecular complexity index is 150. The summed E-state index contributed by atoms with van der Waals surface area (Å²) < 4.78 is 12.2. The van der Waals surface area contributed by atoms with E-state index < -0.39 is 0 Å². The molecule has 0 amide bonds. The van der Waals surface area contributed by atoms with Crippen LogP contribution in [-0.2, 0) is 21.1 Å². The van der Waals surface area contributed by atoms with Crippen molar-refractivity contribution in [1.82, 2.24) is 9.80 Å². The van der Waals surface area contributed by atoms with Crippen LogP contribution >= 0.6 is 0 Å². The van der Waals surface area contributed by atoms with Gasteiger partial charge in [-0.1, -0.05) is 0 Å². The third-order valence-electron chi connectivity index (χ3n) is 2.96. The minimum atomic E-state index is -0.320. The van der Waals surface area contributed by atoms with Crippen molar-refractivity contribution in [3.8, 4) is 0 Å². The molecule has 1 rings (SSSR count). The quantitative estimate of drug-likeness (QED) is 0.526. The number of likely N-dealkylation sites (tertiary alicyclic amines) is 1. The van der Waals surface area contributed by atoms with Gasteiger partial charge in [0.25, 0.3) is 0 Å². The van der Waals surface area contributed by atoms with Gasteiger partial charge in [-0.15, -0.1) is 0 Å². The second-order valence-corrected chi connectivity index (χ2v) is 4.30. The van der Waals surface area contributed by atoms with Crippen molar-refractivity contribution >= 4 is 0 Å². The summed E-state index contributed by atoms with van der Waals surface area (Å²) in [6.45, 7) is 7.90. The number of rotatable bonds is 5. The van der Waals surface area contributed by atoms with E-state index in [-0.39, 0.29) is 27.9 Å². The number of nitrogens with zero attached hydrogens (tertiary/aromatic N) is 2. The predicted octanol–water partition coefficient (Wildman–Crippen LogP) is 1.78. The molecule has 0 bridgehead atoms. The molecule has 0 saturated carbocycles. The Kier molecular flexibility index (Phi) is 8.97. The van der Waals surface area contributed by atoms with Crippen LogP contribution in [0.15, 0.2) is 0 Å². The smallest absolute Gasteiger partial charge is 0.142 e. The van der Waals surface area contributed by atoms with E-state index in [0.717, 1.165) is 19.5 Å². The summed E-state index contributed by atoms with van der Waals surface area (Å²) in [6, 6.07) is 0. The molecule has 1 aliphatic rings. The van der Waals surface area contributed by atoms with Crippen LogP contribution < -0.4 is 0 Å². The molecule has 0 aliphatic carbocycles. The molecule has 0 N–H and O–H groups in total. The first-order chi connectivity index (χ1) is 6.76. The van der Waals surface area contributed by atoms with Crippen LogP contribution in [0, 0.1) is 12.8 Å². The molecule has 0 unspecified atom stereocenters. The number of hydrogen-bond acceptors (Lipinski definition) is 2. The molecule has 0 aromatic heterocycles. The van der Waals surface area contributed by atoms with Gasteiger partial charge in [-0.3, -0.25) is 4.90 Å². The molecule has 1 fully saturated rings. The molecular formula is C11H22FN2W-. The van der Waals surface area contributed by atoms with Crippen LogP contribution in [0.1, 0.15) is 19.3 Å². The Labute approximate surface area is 107 Å². The van der Waals surface area contributed by atoms with Crippen molar-refractivity contribution in [2.45, 2.75) is 19.3 Å². The zero-order chi connectivity index (χ0) is 10.4.